The summed E-state index contributed by atoms with van der Waals surface area (Å²) in [5.74, 6) is -0.660. The second kappa shape index (κ2) is 8.38. The van der Waals surface area contributed by atoms with E-state index in [0.717, 1.165) is 0 Å². The topological polar surface area (TPSA) is 80.6 Å². The van der Waals surface area contributed by atoms with Gasteiger partial charge in [-0.2, -0.15) is 0 Å². The SMILES string of the molecule is CCN(CC(=O)c1c(C)c(C(=O)OC)n(CC)c1C)C(=O)NC(C)(C)C. The monoisotopic (exact) mass is 365 g/mol. The standard InChI is InChI=1S/C19H31N3O4/c1-9-21(18(25)20-19(5,6)7)11-14(23)15-12(3)16(17(24)26-8)22(10-2)13(15)4/h9-11H2,1-8H3,(H,20,25). The highest BCUT2D eigenvalue weighted by molar-refractivity contribution is 6.04. The first kappa shape index (κ1) is 21.7. The molecule has 0 bridgehead atoms. The van der Waals surface area contributed by atoms with Gasteiger partial charge < -0.3 is 19.5 Å². The molecule has 26 heavy (non-hydrogen) atoms. The van der Waals surface area contributed by atoms with Crippen molar-refractivity contribution in [2.75, 3.05) is 20.2 Å². The summed E-state index contributed by atoms with van der Waals surface area (Å²) in [6.45, 7) is 13.8. The van der Waals surface area contributed by atoms with Gasteiger partial charge in [0.2, 0.25) is 0 Å². The quantitative estimate of drug-likeness (QED) is 0.621. The molecule has 0 saturated carbocycles. The van der Waals surface area contributed by atoms with Gasteiger partial charge in [0, 0.05) is 29.9 Å². The molecule has 0 aliphatic carbocycles. The van der Waals surface area contributed by atoms with Crippen molar-refractivity contribution >= 4 is 17.8 Å². The van der Waals surface area contributed by atoms with E-state index in [2.05, 4.69) is 5.32 Å². The third-order valence-corrected chi connectivity index (χ3v) is 4.23. The van der Waals surface area contributed by atoms with Crippen molar-refractivity contribution in [1.29, 1.82) is 0 Å². The number of carbonyl (C=O) groups excluding carboxylic acids is 3. The van der Waals surface area contributed by atoms with Crippen LogP contribution in [0.2, 0.25) is 0 Å². The van der Waals surface area contributed by atoms with Crippen LogP contribution in [0.4, 0.5) is 4.79 Å². The Balaban J connectivity index is 3.19. The number of ether oxygens (including phenoxy) is 1. The molecule has 7 nitrogen and oxygen atoms in total. The number of hydrogen-bond donors (Lipinski definition) is 1. The number of methoxy groups -OCH3 is 1. The molecule has 146 valence electrons. The molecular formula is C19H31N3O4. The van der Waals surface area contributed by atoms with E-state index in [4.69, 9.17) is 4.74 Å². The lowest BCUT2D eigenvalue weighted by Gasteiger charge is -2.27. The largest absolute Gasteiger partial charge is 0.464 e. The van der Waals surface area contributed by atoms with Crippen LogP contribution in [0.25, 0.3) is 0 Å². The number of carbonyl (C=O) groups is 3. The fourth-order valence-electron chi connectivity index (χ4n) is 3.04. The molecule has 0 unspecified atom stereocenters. The molecule has 1 rings (SSSR count). The van der Waals surface area contributed by atoms with Gasteiger partial charge in [-0.15, -0.1) is 0 Å². The van der Waals surface area contributed by atoms with Crippen LogP contribution in [0.5, 0.6) is 0 Å². The maximum atomic E-state index is 12.9. The number of rotatable bonds is 6. The third kappa shape index (κ3) is 4.65. The number of aromatic nitrogens is 1. The number of nitrogens with one attached hydrogen (secondary N) is 1. The number of nitrogens with zero attached hydrogens (tertiary/aromatic N) is 2. The lowest BCUT2D eigenvalue weighted by Crippen LogP contribution is -2.49. The van der Waals surface area contributed by atoms with Gasteiger partial charge in [0.25, 0.3) is 0 Å². The summed E-state index contributed by atoms with van der Waals surface area (Å²) in [7, 11) is 1.32. The second-order valence-electron chi connectivity index (χ2n) is 7.29. The van der Waals surface area contributed by atoms with Crippen molar-refractivity contribution < 1.29 is 19.1 Å². The van der Waals surface area contributed by atoms with Crippen molar-refractivity contribution in [2.45, 2.75) is 60.5 Å². The molecule has 0 saturated heterocycles. The molecule has 0 aromatic carbocycles. The lowest BCUT2D eigenvalue weighted by atomic mass is 10.1. The fraction of sp³-hybridized carbons (Fsp3) is 0.632. The highest BCUT2D eigenvalue weighted by atomic mass is 16.5. The number of Topliss-reactive ketones (excluding diaryl/α,β-unsaturated/α-hetero) is 1. The van der Waals surface area contributed by atoms with E-state index < -0.39 is 5.97 Å². The first-order valence-electron chi connectivity index (χ1n) is 8.86. The van der Waals surface area contributed by atoms with E-state index in [9.17, 15) is 14.4 Å². The molecular weight excluding hydrogens is 334 g/mol. The minimum absolute atomic E-state index is 0.0472. The van der Waals surface area contributed by atoms with Crippen molar-refractivity contribution in [2.24, 2.45) is 0 Å². The van der Waals surface area contributed by atoms with E-state index in [0.29, 0.717) is 35.6 Å². The first-order chi connectivity index (χ1) is 12.0. The molecule has 1 aromatic heterocycles. The molecule has 0 aliphatic heterocycles. The maximum Gasteiger partial charge on any atom is 0.354 e. The average Bonchev–Trinajstić information content (AvgIpc) is 2.79. The number of ketones is 1. The van der Waals surface area contributed by atoms with Crippen molar-refractivity contribution in [1.82, 2.24) is 14.8 Å². The first-order valence-corrected chi connectivity index (χ1v) is 8.86. The summed E-state index contributed by atoms with van der Waals surface area (Å²) < 4.78 is 6.64. The van der Waals surface area contributed by atoms with Gasteiger partial charge in [0.15, 0.2) is 5.78 Å². The smallest absolute Gasteiger partial charge is 0.354 e. The van der Waals surface area contributed by atoms with Crippen molar-refractivity contribution in [3.8, 4) is 0 Å². The van der Waals surface area contributed by atoms with Crippen LogP contribution in [0.3, 0.4) is 0 Å². The van der Waals surface area contributed by atoms with Gasteiger partial charge in [0.05, 0.1) is 13.7 Å². The number of hydrogen-bond acceptors (Lipinski definition) is 4. The lowest BCUT2D eigenvalue weighted by molar-refractivity contribution is 0.0587. The molecule has 1 heterocycles. The Labute approximate surface area is 155 Å². The molecule has 0 spiro atoms. The molecule has 0 aliphatic rings. The average molecular weight is 365 g/mol. The van der Waals surface area contributed by atoms with Crippen LogP contribution in [0.1, 0.15) is 66.7 Å². The van der Waals surface area contributed by atoms with E-state index in [-0.39, 0.29) is 23.9 Å². The Morgan fingerprint density at radius 3 is 2.15 bits per heavy atom. The number of urea groups is 1. The van der Waals surface area contributed by atoms with Gasteiger partial charge in [-0.05, 0) is 54.0 Å². The fourth-order valence-corrected chi connectivity index (χ4v) is 3.04. The molecule has 0 radical (unpaired) electrons. The third-order valence-electron chi connectivity index (χ3n) is 4.23. The zero-order chi connectivity index (χ0) is 20.2. The number of amides is 2. The van der Waals surface area contributed by atoms with Crippen LogP contribution in [-0.2, 0) is 11.3 Å². The molecule has 2 amide bonds. The minimum Gasteiger partial charge on any atom is -0.464 e. The Morgan fingerprint density at radius 1 is 1.15 bits per heavy atom. The Hall–Kier alpha value is -2.31. The van der Waals surface area contributed by atoms with Crippen molar-refractivity contribution in [3.05, 3.63) is 22.5 Å². The minimum atomic E-state index is -0.468. The van der Waals surface area contributed by atoms with E-state index >= 15 is 0 Å². The summed E-state index contributed by atoms with van der Waals surface area (Å²) in [6, 6.07) is -0.285. The van der Waals surface area contributed by atoms with Crippen LogP contribution >= 0.6 is 0 Å². The summed E-state index contributed by atoms with van der Waals surface area (Å²) in [5, 5.41) is 2.87. The zero-order valence-electron chi connectivity index (χ0n) is 17.1. The summed E-state index contributed by atoms with van der Waals surface area (Å²) >= 11 is 0. The van der Waals surface area contributed by atoms with Crippen LogP contribution in [0.15, 0.2) is 0 Å². The highest BCUT2D eigenvalue weighted by Gasteiger charge is 2.28. The normalized spacial score (nSPS) is 11.2. The number of likely N-dealkylation sites (N-methyl/N-ethyl adjacent to an activating group) is 1. The van der Waals surface area contributed by atoms with Crippen molar-refractivity contribution in [3.63, 3.8) is 0 Å². The summed E-state index contributed by atoms with van der Waals surface area (Å²) in [5.41, 5.74) is 1.78. The highest BCUT2D eigenvalue weighted by Crippen LogP contribution is 2.24. The second-order valence-corrected chi connectivity index (χ2v) is 7.29. The van der Waals surface area contributed by atoms with Gasteiger partial charge in [0.1, 0.15) is 5.69 Å². The van der Waals surface area contributed by atoms with Gasteiger partial charge in [-0.25, -0.2) is 9.59 Å². The Morgan fingerprint density at radius 2 is 1.73 bits per heavy atom. The molecule has 0 fully saturated rings. The van der Waals surface area contributed by atoms with Crippen LogP contribution < -0.4 is 5.32 Å². The Bertz CT molecular complexity index is 699. The zero-order valence-corrected chi connectivity index (χ0v) is 17.1. The molecule has 0 atom stereocenters. The maximum absolute atomic E-state index is 12.9. The van der Waals surface area contributed by atoms with Crippen LogP contribution in [0, 0.1) is 13.8 Å². The van der Waals surface area contributed by atoms with Gasteiger partial charge in [-0.3, -0.25) is 4.79 Å². The predicted octanol–water partition coefficient (Wildman–Crippen LogP) is 2.92. The molecule has 1 N–H and O–H groups in total. The van der Waals surface area contributed by atoms with E-state index in [1.165, 1.54) is 12.0 Å². The number of esters is 1. The van der Waals surface area contributed by atoms with Crippen LogP contribution in [-0.4, -0.2) is 53.0 Å². The summed E-state index contributed by atoms with van der Waals surface area (Å²) in [6.07, 6.45) is 0. The molecule has 7 heteroatoms. The summed E-state index contributed by atoms with van der Waals surface area (Å²) in [4.78, 5) is 38.9. The van der Waals surface area contributed by atoms with Gasteiger partial charge in [-0.1, -0.05) is 0 Å². The predicted molar refractivity (Wildman–Crippen MR) is 101 cm³/mol. The Kier molecular flexibility index (Phi) is 7.00. The van der Waals surface area contributed by atoms with Gasteiger partial charge >= 0.3 is 12.0 Å². The van der Waals surface area contributed by atoms with E-state index in [1.807, 2.05) is 41.5 Å². The van der Waals surface area contributed by atoms with E-state index in [1.54, 1.807) is 11.5 Å². The molecule has 1 aromatic rings.